The molecule has 5 nitrogen and oxygen atoms in total. The Morgan fingerprint density at radius 3 is 2.48 bits per heavy atom. The van der Waals surface area contributed by atoms with E-state index >= 15 is 0 Å². The summed E-state index contributed by atoms with van der Waals surface area (Å²) in [7, 11) is 0. The van der Waals surface area contributed by atoms with E-state index in [2.05, 4.69) is 16.8 Å². The van der Waals surface area contributed by atoms with Gasteiger partial charge in [0.2, 0.25) is 0 Å². The number of aromatic nitrogens is 1. The molecular weight excluding hydrogens is 292 g/mol. The largest absolute Gasteiger partial charge is 0.504 e. The third kappa shape index (κ3) is 3.67. The Morgan fingerprint density at radius 1 is 1.22 bits per heavy atom. The highest BCUT2D eigenvalue weighted by Gasteiger charge is 2.17. The lowest BCUT2D eigenvalue weighted by molar-refractivity contribution is 0.0939. The monoisotopic (exact) mass is 316 g/mol. The Balaban J connectivity index is 2.06. The Labute approximate surface area is 136 Å². The first-order valence-electron chi connectivity index (χ1n) is 7.82. The maximum atomic E-state index is 12.5. The van der Waals surface area contributed by atoms with Crippen molar-refractivity contribution >= 4 is 5.91 Å². The van der Waals surface area contributed by atoms with Crippen LogP contribution in [0, 0.1) is 13.8 Å². The summed E-state index contributed by atoms with van der Waals surface area (Å²) in [5, 5.41) is 21.8. The van der Waals surface area contributed by atoms with E-state index in [4.69, 9.17) is 0 Å². The average Bonchev–Trinajstić information content (AvgIpc) is 2.77. The molecule has 0 aliphatic heterocycles. The van der Waals surface area contributed by atoms with Crippen LogP contribution >= 0.6 is 0 Å². The highest BCUT2D eigenvalue weighted by atomic mass is 16.3. The lowest BCUT2D eigenvalue weighted by atomic mass is 10.1. The zero-order valence-electron chi connectivity index (χ0n) is 14.1. The van der Waals surface area contributed by atoms with Crippen LogP contribution in [-0.2, 0) is 13.0 Å². The minimum absolute atomic E-state index is 0.0869. The molecule has 0 radical (unpaired) electrons. The molecule has 0 aliphatic carbocycles. The number of phenolic OH excluding ortho intramolecular Hbond substituents is 2. The molecule has 1 heterocycles. The summed E-state index contributed by atoms with van der Waals surface area (Å²) in [6.45, 7) is 8.76. The van der Waals surface area contributed by atoms with Gasteiger partial charge in [-0.15, -0.1) is 0 Å². The van der Waals surface area contributed by atoms with Gasteiger partial charge < -0.3 is 20.1 Å². The van der Waals surface area contributed by atoms with Gasteiger partial charge in [-0.3, -0.25) is 4.79 Å². The molecule has 3 N–H and O–H groups in total. The summed E-state index contributed by atoms with van der Waals surface area (Å²) in [6, 6.07) is 6.53. The van der Waals surface area contributed by atoms with Crippen LogP contribution in [0.5, 0.6) is 11.5 Å². The van der Waals surface area contributed by atoms with Crippen molar-refractivity contribution in [1.29, 1.82) is 0 Å². The first-order valence-corrected chi connectivity index (χ1v) is 7.82. The molecule has 0 saturated carbocycles. The second-order valence-electron chi connectivity index (χ2n) is 5.93. The number of aromatic hydroxyl groups is 2. The van der Waals surface area contributed by atoms with Gasteiger partial charge in [0.05, 0.1) is 5.56 Å². The van der Waals surface area contributed by atoms with Crippen LogP contribution in [0.2, 0.25) is 0 Å². The van der Waals surface area contributed by atoms with E-state index in [0.29, 0.717) is 12.0 Å². The number of amides is 1. The van der Waals surface area contributed by atoms with Crippen molar-refractivity contribution in [2.45, 2.75) is 46.7 Å². The summed E-state index contributed by atoms with van der Waals surface area (Å²) in [6.07, 6.45) is 0.575. The fraction of sp³-hybridized carbons (Fsp3) is 0.389. The molecule has 1 amide bonds. The van der Waals surface area contributed by atoms with Crippen LogP contribution in [0.3, 0.4) is 0 Å². The third-order valence-electron chi connectivity index (χ3n) is 4.09. The van der Waals surface area contributed by atoms with Gasteiger partial charge in [-0.1, -0.05) is 6.07 Å². The molecule has 23 heavy (non-hydrogen) atoms. The van der Waals surface area contributed by atoms with Crippen molar-refractivity contribution in [1.82, 2.24) is 9.88 Å². The van der Waals surface area contributed by atoms with Crippen molar-refractivity contribution in [2.24, 2.45) is 0 Å². The van der Waals surface area contributed by atoms with Gasteiger partial charge in [-0.05, 0) is 57.9 Å². The molecule has 1 atom stereocenters. The minimum Gasteiger partial charge on any atom is -0.504 e. The zero-order chi connectivity index (χ0) is 17.1. The standard InChI is InChI=1S/C18H24N2O3/c1-5-20-12(3)9-15(13(20)4)18(23)19-11(2)8-14-6-7-16(21)17(22)10-14/h6-7,9-11,21-22H,5,8H2,1-4H3,(H,19,23). The Morgan fingerprint density at radius 2 is 1.91 bits per heavy atom. The minimum atomic E-state index is -0.146. The molecule has 0 fully saturated rings. The first-order chi connectivity index (χ1) is 10.8. The van der Waals surface area contributed by atoms with E-state index in [1.165, 1.54) is 12.1 Å². The van der Waals surface area contributed by atoms with E-state index in [-0.39, 0.29) is 23.4 Å². The Kier molecular flexibility index (Phi) is 4.98. The van der Waals surface area contributed by atoms with Crippen molar-refractivity contribution in [2.75, 3.05) is 0 Å². The zero-order valence-corrected chi connectivity index (χ0v) is 14.1. The quantitative estimate of drug-likeness (QED) is 0.743. The van der Waals surface area contributed by atoms with Crippen molar-refractivity contribution in [3.05, 3.63) is 46.8 Å². The highest BCUT2D eigenvalue weighted by molar-refractivity contribution is 5.95. The molecule has 1 aromatic carbocycles. The van der Waals surface area contributed by atoms with E-state index in [0.717, 1.165) is 23.5 Å². The fourth-order valence-corrected chi connectivity index (χ4v) is 2.92. The van der Waals surface area contributed by atoms with Crippen LogP contribution in [0.1, 0.15) is 41.2 Å². The van der Waals surface area contributed by atoms with Crippen LogP contribution in [0.25, 0.3) is 0 Å². The normalized spacial score (nSPS) is 12.2. The molecule has 0 aliphatic rings. The molecular formula is C18H24N2O3. The number of nitrogens with one attached hydrogen (secondary N) is 1. The van der Waals surface area contributed by atoms with E-state index < -0.39 is 0 Å². The van der Waals surface area contributed by atoms with Gasteiger partial charge in [0, 0.05) is 24.0 Å². The highest BCUT2D eigenvalue weighted by Crippen LogP contribution is 2.25. The topological polar surface area (TPSA) is 74.5 Å². The maximum absolute atomic E-state index is 12.5. The lowest BCUT2D eigenvalue weighted by Crippen LogP contribution is -2.34. The summed E-state index contributed by atoms with van der Waals surface area (Å²) in [5.41, 5.74) is 3.60. The smallest absolute Gasteiger partial charge is 0.253 e. The molecule has 0 saturated heterocycles. The number of phenols is 2. The molecule has 124 valence electrons. The number of carbonyl (C=O) groups excluding carboxylic acids is 1. The van der Waals surface area contributed by atoms with Gasteiger partial charge in [0.15, 0.2) is 11.5 Å². The number of aryl methyl sites for hydroxylation is 1. The summed E-state index contributed by atoms with van der Waals surface area (Å²) >= 11 is 0. The lowest BCUT2D eigenvalue weighted by Gasteiger charge is -2.14. The Bertz CT molecular complexity index is 719. The van der Waals surface area contributed by atoms with Gasteiger partial charge in [0.25, 0.3) is 5.91 Å². The number of benzene rings is 1. The molecule has 1 unspecified atom stereocenters. The van der Waals surface area contributed by atoms with Crippen LogP contribution in [0.4, 0.5) is 0 Å². The molecule has 5 heteroatoms. The molecule has 1 aromatic heterocycles. The van der Waals surface area contributed by atoms with E-state index in [9.17, 15) is 15.0 Å². The van der Waals surface area contributed by atoms with Crippen molar-refractivity contribution in [3.8, 4) is 11.5 Å². The van der Waals surface area contributed by atoms with Gasteiger partial charge in [-0.25, -0.2) is 0 Å². The van der Waals surface area contributed by atoms with Crippen LogP contribution in [0.15, 0.2) is 24.3 Å². The Hall–Kier alpha value is -2.43. The summed E-state index contributed by atoms with van der Waals surface area (Å²) in [5.74, 6) is -0.377. The second-order valence-corrected chi connectivity index (χ2v) is 5.93. The van der Waals surface area contributed by atoms with Crippen LogP contribution in [-0.4, -0.2) is 26.7 Å². The number of carbonyl (C=O) groups is 1. The SMILES string of the molecule is CCn1c(C)cc(C(=O)NC(C)Cc2ccc(O)c(O)c2)c1C. The number of nitrogens with zero attached hydrogens (tertiary/aromatic N) is 1. The first kappa shape index (κ1) is 16.9. The number of rotatable bonds is 5. The van der Waals surface area contributed by atoms with E-state index in [1.807, 2.05) is 26.8 Å². The van der Waals surface area contributed by atoms with E-state index in [1.54, 1.807) is 6.07 Å². The van der Waals surface area contributed by atoms with Crippen molar-refractivity contribution in [3.63, 3.8) is 0 Å². The molecule has 2 aromatic rings. The molecule has 0 spiro atoms. The third-order valence-corrected chi connectivity index (χ3v) is 4.09. The van der Waals surface area contributed by atoms with Crippen LogP contribution < -0.4 is 5.32 Å². The predicted molar refractivity (Wildman–Crippen MR) is 90.0 cm³/mol. The summed E-state index contributed by atoms with van der Waals surface area (Å²) in [4.78, 5) is 12.5. The molecule has 0 bridgehead atoms. The second kappa shape index (κ2) is 6.77. The average molecular weight is 316 g/mol. The maximum Gasteiger partial charge on any atom is 0.253 e. The van der Waals surface area contributed by atoms with Gasteiger partial charge >= 0.3 is 0 Å². The van der Waals surface area contributed by atoms with Crippen molar-refractivity contribution < 1.29 is 15.0 Å². The van der Waals surface area contributed by atoms with Gasteiger partial charge in [-0.2, -0.15) is 0 Å². The number of hydrogen-bond acceptors (Lipinski definition) is 3. The number of hydrogen-bond donors (Lipinski definition) is 3. The predicted octanol–water partition coefficient (Wildman–Crippen LogP) is 2.90. The molecule has 2 rings (SSSR count). The van der Waals surface area contributed by atoms with Gasteiger partial charge in [0.1, 0.15) is 0 Å². The fourth-order valence-electron chi connectivity index (χ4n) is 2.92. The summed E-state index contributed by atoms with van der Waals surface area (Å²) < 4.78 is 2.11.